The largest absolute Gasteiger partial charge is 0.355 e. The van der Waals surface area contributed by atoms with E-state index in [1.54, 1.807) is 23.2 Å². The molecule has 212 valence electrons. The van der Waals surface area contributed by atoms with Crippen LogP contribution in [0.3, 0.4) is 0 Å². The van der Waals surface area contributed by atoms with Crippen LogP contribution in [0, 0.1) is 18.6 Å². The average Bonchev–Trinajstić information content (AvgIpc) is 2.92. The van der Waals surface area contributed by atoms with Crippen LogP contribution in [0.1, 0.15) is 44.9 Å². The molecule has 1 amide bonds. The number of halogens is 2. The first-order valence-corrected chi connectivity index (χ1v) is 13.6. The number of nitrogens with zero attached hydrogens (tertiary/aromatic N) is 6. The number of amides is 1. The molecule has 0 saturated carbocycles. The highest BCUT2D eigenvalue weighted by Gasteiger charge is 2.34. The minimum Gasteiger partial charge on any atom is -0.352 e. The summed E-state index contributed by atoms with van der Waals surface area (Å²) in [5.41, 5.74) is 1.22. The van der Waals surface area contributed by atoms with Gasteiger partial charge in [0.1, 0.15) is 23.1 Å². The maximum Gasteiger partial charge on any atom is 0.355 e. The van der Waals surface area contributed by atoms with Crippen molar-refractivity contribution in [1.82, 2.24) is 24.4 Å². The highest BCUT2D eigenvalue weighted by molar-refractivity contribution is 5.91. The summed E-state index contributed by atoms with van der Waals surface area (Å²) in [6.45, 7) is 13.9. The monoisotopic (exact) mass is 558 g/mol. The molecule has 2 atom stereocenters. The topological polar surface area (TPSA) is 84.2 Å². The van der Waals surface area contributed by atoms with Crippen molar-refractivity contribution in [2.45, 2.75) is 52.6 Å². The number of aromatic nitrogens is 4. The van der Waals surface area contributed by atoms with E-state index in [0.717, 1.165) is 5.56 Å². The van der Waals surface area contributed by atoms with Gasteiger partial charge in [-0.2, -0.15) is 4.98 Å². The molecule has 0 bridgehead atoms. The van der Waals surface area contributed by atoms with Crippen LogP contribution in [-0.4, -0.2) is 55.5 Å². The Morgan fingerprint density at radius 1 is 1.07 bits per heavy atom. The normalized spacial score (nSPS) is 17.4. The predicted molar refractivity (Wildman–Crippen MR) is 155 cm³/mol. The van der Waals surface area contributed by atoms with Crippen LogP contribution >= 0.6 is 0 Å². The van der Waals surface area contributed by atoms with E-state index in [1.165, 1.54) is 34.9 Å². The Kier molecular flexibility index (Phi) is 7.42. The standard InChI is InChI=1S/C31H32F2N6O2/c1-7-25(40)38-19(5)15-37(16-20(38)6)29-22-14-24(33)27(21-10-8-9-11-23(21)32)35-30(22)39(31(41)36-29)28-18(4)12-13-34-26(28)17(2)3/h7-14,17,19-20H,1,15-16H2,2-6H3. The first-order valence-electron chi connectivity index (χ1n) is 13.6. The number of hydrogen-bond donors (Lipinski definition) is 0. The van der Waals surface area contributed by atoms with Crippen molar-refractivity contribution in [3.8, 4) is 16.9 Å². The van der Waals surface area contributed by atoms with E-state index >= 15 is 4.39 Å². The van der Waals surface area contributed by atoms with Crippen LogP contribution in [0.2, 0.25) is 0 Å². The number of piperazine rings is 1. The molecule has 0 spiro atoms. The van der Waals surface area contributed by atoms with E-state index in [4.69, 9.17) is 0 Å². The summed E-state index contributed by atoms with van der Waals surface area (Å²) in [7, 11) is 0. The molecule has 4 aromatic rings. The van der Waals surface area contributed by atoms with E-state index in [1.807, 2.05) is 39.5 Å². The second-order valence-corrected chi connectivity index (χ2v) is 10.8. The lowest BCUT2D eigenvalue weighted by Crippen LogP contribution is -2.58. The SMILES string of the molecule is C=CC(=O)N1C(C)CN(c2nc(=O)n(-c3c(C)ccnc3C(C)C)c3nc(-c4ccccc4F)c(F)cc23)CC1C. The molecular weight excluding hydrogens is 526 g/mol. The lowest BCUT2D eigenvalue weighted by Gasteiger charge is -2.44. The van der Waals surface area contributed by atoms with Gasteiger partial charge in [-0.05, 0) is 62.6 Å². The summed E-state index contributed by atoms with van der Waals surface area (Å²) in [6, 6.07) is 8.39. The molecule has 0 radical (unpaired) electrons. The molecule has 5 rings (SSSR count). The van der Waals surface area contributed by atoms with Gasteiger partial charge in [0.25, 0.3) is 0 Å². The summed E-state index contributed by atoms with van der Waals surface area (Å²) < 4.78 is 32.0. The third kappa shape index (κ3) is 4.87. The number of rotatable bonds is 5. The molecular formula is C31H32F2N6O2. The lowest BCUT2D eigenvalue weighted by molar-refractivity contribution is -0.130. The van der Waals surface area contributed by atoms with Crippen molar-refractivity contribution in [2.24, 2.45) is 0 Å². The third-order valence-electron chi connectivity index (χ3n) is 7.50. The molecule has 41 heavy (non-hydrogen) atoms. The van der Waals surface area contributed by atoms with Gasteiger partial charge in [-0.15, -0.1) is 0 Å². The molecule has 2 unspecified atom stereocenters. The Hall–Kier alpha value is -4.47. The maximum absolute atomic E-state index is 15.8. The number of anilines is 1. The van der Waals surface area contributed by atoms with Crippen molar-refractivity contribution in [3.05, 3.63) is 88.6 Å². The Balaban J connectivity index is 1.81. The molecule has 1 aromatic carbocycles. The zero-order valence-electron chi connectivity index (χ0n) is 23.7. The quantitative estimate of drug-likeness (QED) is 0.315. The van der Waals surface area contributed by atoms with Gasteiger partial charge in [0, 0.05) is 36.9 Å². The van der Waals surface area contributed by atoms with E-state index in [-0.39, 0.29) is 46.6 Å². The third-order valence-corrected chi connectivity index (χ3v) is 7.50. The fourth-order valence-electron chi connectivity index (χ4n) is 5.71. The van der Waals surface area contributed by atoms with Crippen LogP contribution in [0.5, 0.6) is 0 Å². The van der Waals surface area contributed by atoms with Crippen LogP contribution in [-0.2, 0) is 4.79 Å². The molecule has 1 saturated heterocycles. The molecule has 3 aromatic heterocycles. The summed E-state index contributed by atoms with van der Waals surface area (Å²) in [5, 5.41) is 0.294. The Bertz CT molecular complexity index is 1720. The molecule has 4 heterocycles. The number of benzene rings is 1. The van der Waals surface area contributed by atoms with Gasteiger partial charge in [0.2, 0.25) is 5.91 Å². The van der Waals surface area contributed by atoms with Gasteiger partial charge in [-0.3, -0.25) is 9.78 Å². The number of fused-ring (bicyclic) bond motifs is 1. The number of carbonyl (C=O) groups is 1. The molecule has 0 aliphatic carbocycles. The Morgan fingerprint density at radius 3 is 2.39 bits per heavy atom. The van der Waals surface area contributed by atoms with Crippen LogP contribution in [0.25, 0.3) is 28.0 Å². The van der Waals surface area contributed by atoms with E-state index in [9.17, 15) is 14.0 Å². The summed E-state index contributed by atoms with van der Waals surface area (Å²) in [5.74, 6) is -1.36. The minimum atomic E-state index is -0.746. The number of aryl methyl sites for hydroxylation is 1. The fourth-order valence-corrected chi connectivity index (χ4v) is 5.71. The number of hydrogen-bond acceptors (Lipinski definition) is 6. The number of carbonyl (C=O) groups excluding carboxylic acids is 1. The van der Waals surface area contributed by atoms with Gasteiger partial charge in [0.15, 0.2) is 5.65 Å². The van der Waals surface area contributed by atoms with Crippen LogP contribution in [0.15, 0.2) is 60.0 Å². The van der Waals surface area contributed by atoms with E-state index in [0.29, 0.717) is 29.9 Å². The van der Waals surface area contributed by atoms with Gasteiger partial charge < -0.3 is 9.80 Å². The van der Waals surface area contributed by atoms with Crippen molar-refractivity contribution >= 4 is 22.8 Å². The predicted octanol–water partition coefficient (Wildman–Crippen LogP) is 5.16. The molecule has 1 aliphatic heterocycles. The second kappa shape index (κ2) is 10.8. The molecule has 8 nitrogen and oxygen atoms in total. The maximum atomic E-state index is 15.8. The van der Waals surface area contributed by atoms with Gasteiger partial charge in [-0.1, -0.05) is 32.6 Å². The molecule has 10 heteroatoms. The smallest absolute Gasteiger partial charge is 0.352 e. The molecule has 1 aliphatic rings. The van der Waals surface area contributed by atoms with E-state index < -0.39 is 17.3 Å². The Labute approximate surface area is 237 Å². The van der Waals surface area contributed by atoms with E-state index in [2.05, 4.69) is 21.5 Å². The first-order chi connectivity index (χ1) is 19.5. The fraction of sp³-hybridized carbons (Fsp3) is 0.323. The minimum absolute atomic E-state index is 0.0185. The highest BCUT2D eigenvalue weighted by Crippen LogP contribution is 2.34. The Morgan fingerprint density at radius 2 is 1.76 bits per heavy atom. The zero-order valence-corrected chi connectivity index (χ0v) is 23.7. The van der Waals surface area contributed by atoms with Gasteiger partial charge >= 0.3 is 5.69 Å². The second-order valence-electron chi connectivity index (χ2n) is 10.8. The first kappa shape index (κ1) is 28.1. The van der Waals surface area contributed by atoms with Crippen LogP contribution < -0.4 is 10.6 Å². The van der Waals surface area contributed by atoms with Crippen molar-refractivity contribution in [3.63, 3.8) is 0 Å². The summed E-state index contributed by atoms with van der Waals surface area (Å²) in [4.78, 5) is 43.6. The van der Waals surface area contributed by atoms with Gasteiger partial charge in [-0.25, -0.2) is 23.1 Å². The van der Waals surface area contributed by atoms with Crippen molar-refractivity contribution in [1.29, 1.82) is 0 Å². The van der Waals surface area contributed by atoms with Crippen molar-refractivity contribution in [2.75, 3.05) is 18.0 Å². The highest BCUT2D eigenvalue weighted by atomic mass is 19.1. The van der Waals surface area contributed by atoms with Crippen LogP contribution in [0.4, 0.5) is 14.6 Å². The summed E-state index contributed by atoms with van der Waals surface area (Å²) >= 11 is 0. The zero-order chi connectivity index (χ0) is 29.6. The van der Waals surface area contributed by atoms with Gasteiger partial charge in [0.05, 0.1) is 16.8 Å². The molecule has 0 N–H and O–H groups in total. The lowest BCUT2D eigenvalue weighted by atomic mass is 10.0. The molecule has 1 fully saturated rings. The average molecular weight is 559 g/mol. The summed E-state index contributed by atoms with van der Waals surface area (Å²) in [6.07, 6.45) is 2.96. The van der Waals surface area contributed by atoms with Crippen molar-refractivity contribution < 1.29 is 13.6 Å². The number of pyridine rings is 2.